The highest BCUT2D eigenvalue weighted by molar-refractivity contribution is 5.56. The monoisotopic (exact) mass is 170 g/mol. The SMILES string of the molecule is CC(CO)Cn1ncc(N)c1N. The first-order chi connectivity index (χ1) is 5.65. The Morgan fingerprint density at radius 1 is 1.67 bits per heavy atom. The maximum absolute atomic E-state index is 8.78. The van der Waals surface area contributed by atoms with Crippen LogP contribution in [0.25, 0.3) is 0 Å². The highest BCUT2D eigenvalue weighted by Gasteiger charge is 2.07. The number of hydrogen-bond acceptors (Lipinski definition) is 4. The van der Waals surface area contributed by atoms with Crippen molar-refractivity contribution in [2.24, 2.45) is 5.92 Å². The van der Waals surface area contributed by atoms with E-state index < -0.39 is 0 Å². The Bertz CT molecular complexity index is 258. The van der Waals surface area contributed by atoms with Gasteiger partial charge in [0.1, 0.15) is 5.82 Å². The van der Waals surface area contributed by atoms with Gasteiger partial charge in [-0.1, -0.05) is 6.92 Å². The third-order valence-corrected chi connectivity index (χ3v) is 1.71. The summed E-state index contributed by atoms with van der Waals surface area (Å²) < 4.78 is 1.59. The molecule has 12 heavy (non-hydrogen) atoms. The van der Waals surface area contributed by atoms with Gasteiger partial charge in [0.05, 0.1) is 11.9 Å². The van der Waals surface area contributed by atoms with Crippen molar-refractivity contribution in [3.05, 3.63) is 6.20 Å². The Kier molecular flexibility index (Phi) is 2.54. The number of aromatic nitrogens is 2. The number of nitrogens with two attached hydrogens (primary N) is 2. The van der Waals surface area contributed by atoms with Crippen molar-refractivity contribution in [2.75, 3.05) is 18.1 Å². The van der Waals surface area contributed by atoms with E-state index in [4.69, 9.17) is 16.6 Å². The predicted molar refractivity (Wildman–Crippen MR) is 47.3 cm³/mol. The van der Waals surface area contributed by atoms with Gasteiger partial charge in [0.15, 0.2) is 0 Å². The van der Waals surface area contributed by atoms with E-state index in [2.05, 4.69) is 5.10 Å². The van der Waals surface area contributed by atoms with Crippen LogP contribution in [-0.2, 0) is 6.54 Å². The first kappa shape index (κ1) is 8.86. The van der Waals surface area contributed by atoms with E-state index in [0.717, 1.165) is 0 Å². The minimum atomic E-state index is 0.124. The van der Waals surface area contributed by atoms with E-state index in [-0.39, 0.29) is 12.5 Å². The van der Waals surface area contributed by atoms with E-state index in [9.17, 15) is 0 Å². The molecule has 68 valence electrons. The predicted octanol–water partition coefficient (Wildman–Crippen LogP) is -0.324. The first-order valence-electron chi connectivity index (χ1n) is 3.82. The van der Waals surface area contributed by atoms with E-state index in [1.807, 2.05) is 6.92 Å². The van der Waals surface area contributed by atoms with Crippen LogP contribution in [-0.4, -0.2) is 21.5 Å². The fourth-order valence-electron chi connectivity index (χ4n) is 0.908. The summed E-state index contributed by atoms with van der Waals surface area (Å²) in [5, 5.41) is 12.7. The van der Waals surface area contributed by atoms with Crippen LogP contribution in [0.5, 0.6) is 0 Å². The zero-order chi connectivity index (χ0) is 9.14. The van der Waals surface area contributed by atoms with Gasteiger partial charge in [-0.3, -0.25) is 0 Å². The van der Waals surface area contributed by atoms with Gasteiger partial charge in [0.2, 0.25) is 0 Å². The average Bonchev–Trinajstić information content (AvgIpc) is 2.36. The second-order valence-electron chi connectivity index (χ2n) is 2.96. The van der Waals surface area contributed by atoms with Crippen LogP contribution in [0.4, 0.5) is 11.5 Å². The van der Waals surface area contributed by atoms with Crippen LogP contribution in [0.2, 0.25) is 0 Å². The van der Waals surface area contributed by atoms with Crippen LogP contribution < -0.4 is 11.5 Å². The molecule has 0 fully saturated rings. The molecular weight excluding hydrogens is 156 g/mol. The molecule has 0 spiro atoms. The van der Waals surface area contributed by atoms with E-state index in [1.54, 1.807) is 4.68 Å². The number of aliphatic hydroxyl groups is 1. The number of nitrogen functional groups attached to an aromatic ring is 2. The Hall–Kier alpha value is -1.23. The summed E-state index contributed by atoms with van der Waals surface area (Å²) in [7, 11) is 0. The van der Waals surface area contributed by atoms with Gasteiger partial charge >= 0.3 is 0 Å². The largest absolute Gasteiger partial charge is 0.396 e. The third-order valence-electron chi connectivity index (χ3n) is 1.71. The molecule has 0 amide bonds. The molecular formula is C7H14N4O. The summed E-state index contributed by atoms with van der Waals surface area (Å²) in [4.78, 5) is 0. The van der Waals surface area contributed by atoms with Gasteiger partial charge in [-0.2, -0.15) is 5.10 Å². The summed E-state index contributed by atoms with van der Waals surface area (Å²) in [5.74, 6) is 0.613. The number of hydrogen-bond donors (Lipinski definition) is 3. The van der Waals surface area contributed by atoms with Crippen LogP contribution in [0.3, 0.4) is 0 Å². The zero-order valence-electron chi connectivity index (χ0n) is 7.07. The standard InChI is InChI=1S/C7H14N4O/c1-5(4-12)3-11-7(9)6(8)2-10-11/h2,5,12H,3-4,8-9H2,1H3. The molecule has 0 radical (unpaired) electrons. The molecule has 0 aromatic carbocycles. The highest BCUT2D eigenvalue weighted by Crippen LogP contribution is 2.13. The third kappa shape index (κ3) is 1.68. The molecule has 0 saturated heterocycles. The van der Waals surface area contributed by atoms with Crippen molar-refractivity contribution >= 4 is 11.5 Å². The van der Waals surface area contributed by atoms with Crippen LogP contribution >= 0.6 is 0 Å². The molecule has 0 saturated carbocycles. The first-order valence-corrected chi connectivity index (χ1v) is 3.82. The van der Waals surface area contributed by atoms with Crippen LogP contribution in [0.15, 0.2) is 6.20 Å². The highest BCUT2D eigenvalue weighted by atomic mass is 16.3. The maximum Gasteiger partial charge on any atom is 0.145 e. The Balaban J connectivity index is 2.69. The van der Waals surface area contributed by atoms with Crippen molar-refractivity contribution in [1.29, 1.82) is 0 Å². The lowest BCUT2D eigenvalue weighted by Gasteiger charge is -2.08. The Morgan fingerprint density at radius 2 is 2.33 bits per heavy atom. The number of aliphatic hydroxyl groups excluding tert-OH is 1. The molecule has 0 aliphatic heterocycles. The normalized spacial score (nSPS) is 13.2. The molecule has 1 aromatic heterocycles. The van der Waals surface area contributed by atoms with E-state index >= 15 is 0 Å². The summed E-state index contributed by atoms with van der Waals surface area (Å²) >= 11 is 0. The average molecular weight is 170 g/mol. The minimum absolute atomic E-state index is 0.124. The second kappa shape index (κ2) is 3.44. The summed E-state index contributed by atoms with van der Waals surface area (Å²) in [5.41, 5.74) is 11.6. The Labute approximate surface area is 71.0 Å². The van der Waals surface area contributed by atoms with Crippen LogP contribution in [0.1, 0.15) is 6.92 Å². The van der Waals surface area contributed by atoms with Crippen molar-refractivity contribution in [3.8, 4) is 0 Å². The molecule has 0 aliphatic carbocycles. The van der Waals surface area contributed by atoms with Gasteiger partial charge in [-0.25, -0.2) is 4.68 Å². The number of nitrogens with zero attached hydrogens (tertiary/aromatic N) is 2. The fraction of sp³-hybridized carbons (Fsp3) is 0.571. The number of anilines is 2. The molecule has 5 nitrogen and oxygen atoms in total. The summed E-state index contributed by atoms with van der Waals surface area (Å²) in [6, 6.07) is 0. The smallest absolute Gasteiger partial charge is 0.145 e. The van der Waals surface area contributed by atoms with Crippen molar-refractivity contribution < 1.29 is 5.11 Å². The fourth-order valence-corrected chi connectivity index (χ4v) is 0.908. The molecule has 1 rings (SSSR count). The lowest BCUT2D eigenvalue weighted by molar-refractivity contribution is 0.220. The van der Waals surface area contributed by atoms with Gasteiger partial charge < -0.3 is 16.6 Å². The van der Waals surface area contributed by atoms with Crippen molar-refractivity contribution in [2.45, 2.75) is 13.5 Å². The quantitative estimate of drug-likeness (QED) is 0.579. The molecule has 5 heteroatoms. The molecule has 0 aliphatic rings. The molecule has 1 aromatic rings. The molecule has 1 heterocycles. The topological polar surface area (TPSA) is 90.1 Å². The lowest BCUT2D eigenvalue weighted by atomic mass is 10.2. The lowest BCUT2D eigenvalue weighted by Crippen LogP contribution is -2.14. The maximum atomic E-state index is 8.78. The summed E-state index contributed by atoms with van der Waals surface area (Å²) in [6.45, 7) is 2.63. The Morgan fingerprint density at radius 3 is 2.75 bits per heavy atom. The van der Waals surface area contributed by atoms with E-state index in [0.29, 0.717) is 18.1 Å². The van der Waals surface area contributed by atoms with Gasteiger partial charge in [-0.15, -0.1) is 0 Å². The number of rotatable bonds is 3. The van der Waals surface area contributed by atoms with Crippen molar-refractivity contribution in [3.63, 3.8) is 0 Å². The van der Waals surface area contributed by atoms with E-state index in [1.165, 1.54) is 6.20 Å². The zero-order valence-corrected chi connectivity index (χ0v) is 7.07. The van der Waals surface area contributed by atoms with Crippen LogP contribution in [0, 0.1) is 5.92 Å². The van der Waals surface area contributed by atoms with Gasteiger partial charge in [-0.05, 0) is 5.92 Å². The van der Waals surface area contributed by atoms with Gasteiger partial charge in [0, 0.05) is 13.2 Å². The van der Waals surface area contributed by atoms with Crippen molar-refractivity contribution in [1.82, 2.24) is 9.78 Å². The van der Waals surface area contributed by atoms with Gasteiger partial charge in [0.25, 0.3) is 0 Å². The molecule has 0 bridgehead atoms. The minimum Gasteiger partial charge on any atom is -0.396 e. The second-order valence-corrected chi connectivity index (χ2v) is 2.96. The molecule has 1 unspecified atom stereocenters. The molecule has 5 N–H and O–H groups in total. The summed E-state index contributed by atoms with van der Waals surface area (Å²) in [6.07, 6.45) is 1.51. The molecule has 1 atom stereocenters.